The quantitative estimate of drug-likeness (QED) is 0.371. The molecule has 0 aromatic carbocycles. The largest absolute Gasteiger partial charge is 0.488 e. The van der Waals surface area contributed by atoms with Crippen LogP contribution >= 0.6 is 0 Å². The van der Waals surface area contributed by atoms with Crippen LogP contribution in [-0.2, 0) is 4.74 Å². The second kappa shape index (κ2) is 9.79. The minimum atomic E-state index is -0.175. The van der Waals surface area contributed by atoms with E-state index in [1.807, 2.05) is 36.0 Å². The van der Waals surface area contributed by atoms with Crippen LogP contribution in [0.5, 0.6) is 5.75 Å². The van der Waals surface area contributed by atoms with Crippen LogP contribution in [0, 0.1) is 6.92 Å². The summed E-state index contributed by atoms with van der Waals surface area (Å²) in [4.78, 5) is 20.6. The van der Waals surface area contributed by atoms with Gasteiger partial charge < -0.3 is 25.4 Å². The van der Waals surface area contributed by atoms with E-state index >= 15 is 0 Å². The smallest absolute Gasteiger partial charge is 0.252 e. The lowest BCUT2D eigenvalue weighted by Crippen LogP contribution is -2.56. The molecular formula is C27H29N7O3. The summed E-state index contributed by atoms with van der Waals surface area (Å²) in [6.45, 7) is 3.45. The summed E-state index contributed by atoms with van der Waals surface area (Å²) < 4.78 is 14.0. The van der Waals surface area contributed by atoms with Crippen molar-refractivity contribution in [3.63, 3.8) is 0 Å². The molecule has 2 saturated heterocycles. The molecule has 0 radical (unpaired) electrons. The normalized spacial score (nSPS) is 21.0. The lowest BCUT2D eigenvalue weighted by atomic mass is 9.94. The van der Waals surface area contributed by atoms with Crippen LogP contribution in [-0.4, -0.2) is 63.9 Å². The molecule has 10 heteroatoms. The Hall–Kier alpha value is -4.02. The number of morpholine rings is 1. The van der Waals surface area contributed by atoms with E-state index in [1.165, 1.54) is 6.20 Å². The minimum Gasteiger partial charge on any atom is -0.488 e. The number of amides is 1. The third-order valence-corrected chi connectivity index (χ3v) is 6.79. The molecule has 4 aromatic rings. The molecular weight excluding hydrogens is 470 g/mol. The zero-order valence-electron chi connectivity index (χ0n) is 20.8. The third-order valence-electron chi connectivity index (χ3n) is 6.79. The molecule has 0 unspecified atom stereocenters. The number of aromatic nitrogens is 4. The molecule has 3 N–H and O–H groups in total. The highest BCUT2D eigenvalue weighted by Gasteiger charge is 2.33. The number of piperidine rings is 1. The van der Waals surface area contributed by atoms with Crippen LogP contribution < -0.4 is 20.7 Å². The van der Waals surface area contributed by atoms with Crippen molar-refractivity contribution in [2.75, 3.05) is 25.6 Å². The molecule has 6 heterocycles. The number of rotatable bonds is 6. The van der Waals surface area contributed by atoms with Gasteiger partial charge in [0.25, 0.3) is 5.91 Å². The molecule has 190 valence electrons. The van der Waals surface area contributed by atoms with Gasteiger partial charge in [-0.3, -0.25) is 9.78 Å². The first kappa shape index (κ1) is 23.4. The van der Waals surface area contributed by atoms with Gasteiger partial charge in [0.1, 0.15) is 17.7 Å². The molecule has 4 aromatic heterocycles. The summed E-state index contributed by atoms with van der Waals surface area (Å²) in [5.74, 6) is 1.88. The molecule has 0 aliphatic carbocycles. The van der Waals surface area contributed by atoms with Gasteiger partial charge in [-0.1, -0.05) is 0 Å². The lowest BCUT2D eigenvalue weighted by molar-refractivity contribution is -0.0122. The van der Waals surface area contributed by atoms with Crippen LogP contribution in [0.1, 0.15) is 28.9 Å². The van der Waals surface area contributed by atoms with E-state index in [9.17, 15) is 4.79 Å². The van der Waals surface area contributed by atoms with Gasteiger partial charge in [0.05, 0.1) is 30.5 Å². The van der Waals surface area contributed by atoms with Gasteiger partial charge in [0.15, 0.2) is 5.82 Å². The van der Waals surface area contributed by atoms with Crippen LogP contribution in [0.3, 0.4) is 0 Å². The molecule has 2 fully saturated rings. The maximum Gasteiger partial charge on any atom is 0.252 e. The van der Waals surface area contributed by atoms with E-state index in [0.717, 1.165) is 54.1 Å². The standard InChI is InChI=1S/C27H29N7O3/c1-16-7-23(24(13-29-16)37-22-9-19-14-36-15-20(10-22)31-19)17-5-6-34-21(8-17)11-26(33-34)32-25-4-3-18(12-30-25)27(35)28-2/h3-8,11-13,19-20,22,31H,9-10,14-15H2,1-2H3,(H,28,35)(H,30,32,33)/t19-,20+,22-. The lowest BCUT2D eigenvalue weighted by Gasteiger charge is -2.40. The van der Waals surface area contributed by atoms with Crippen molar-refractivity contribution in [3.05, 3.63) is 66.2 Å². The fourth-order valence-corrected chi connectivity index (χ4v) is 5.03. The van der Waals surface area contributed by atoms with Crippen molar-refractivity contribution in [1.82, 2.24) is 30.2 Å². The average molecular weight is 500 g/mol. The minimum absolute atomic E-state index is 0.125. The highest BCUT2D eigenvalue weighted by molar-refractivity contribution is 5.93. The summed E-state index contributed by atoms with van der Waals surface area (Å²) in [7, 11) is 1.59. The van der Waals surface area contributed by atoms with Crippen LogP contribution in [0.4, 0.5) is 11.6 Å². The fourth-order valence-electron chi connectivity index (χ4n) is 5.03. The van der Waals surface area contributed by atoms with Gasteiger partial charge in [-0.2, -0.15) is 5.10 Å². The zero-order chi connectivity index (χ0) is 25.4. The average Bonchev–Trinajstić information content (AvgIpc) is 3.31. The van der Waals surface area contributed by atoms with Crippen molar-refractivity contribution in [3.8, 4) is 16.9 Å². The molecule has 3 atom stereocenters. The number of nitrogens with one attached hydrogen (secondary N) is 3. The SMILES string of the molecule is CNC(=O)c1ccc(Nc2cc3cc(-c4cc(C)ncc4O[C@H]4C[C@H]5COC[C@@H](C4)N5)ccn3n2)nc1. The monoisotopic (exact) mass is 499 g/mol. The fraction of sp³-hybridized carbons (Fsp3) is 0.333. The first-order chi connectivity index (χ1) is 18.0. The molecule has 0 spiro atoms. The number of carbonyl (C=O) groups is 1. The van der Waals surface area contributed by atoms with Crippen molar-refractivity contribution in [1.29, 1.82) is 0 Å². The molecule has 6 rings (SSSR count). The second-order valence-corrected chi connectivity index (χ2v) is 9.58. The molecule has 2 bridgehead atoms. The van der Waals surface area contributed by atoms with Crippen molar-refractivity contribution in [2.45, 2.75) is 38.0 Å². The topological polar surface area (TPSA) is 115 Å². The Balaban J connectivity index is 1.24. The van der Waals surface area contributed by atoms with E-state index in [0.29, 0.717) is 29.3 Å². The molecule has 37 heavy (non-hydrogen) atoms. The van der Waals surface area contributed by atoms with Crippen molar-refractivity contribution < 1.29 is 14.3 Å². The van der Waals surface area contributed by atoms with Crippen molar-refractivity contribution in [2.24, 2.45) is 0 Å². The summed E-state index contributed by atoms with van der Waals surface area (Å²) in [5.41, 5.74) is 4.40. The van der Waals surface area contributed by atoms with Gasteiger partial charge in [0, 0.05) is 61.7 Å². The Bertz CT molecular complexity index is 1420. The number of hydrogen-bond donors (Lipinski definition) is 3. The predicted octanol–water partition coefficient (Wildman–Crippen LogP) is 3.10. The van der Waals surface area contributed by atoms with Gasteiger partial charge >= 0.3 is 0 Å². The number of nitrogens with zero attached hydrogens (tertiary/aromatic N) is 4. The van der Waals surface area contributed by atoms with Gasteiger partial charge in [-0.25, -0.2) is 9.50 Å². The highest BCUT2D eigenvalue weighted by atomic mass is 16.5. The van der Waals surface area contributed by atoms with Gasteiger partial charge in [-0.15, -0.1) is 0 Å². The third kappa shape index (κ3) is 4.98. The number of fused-ring (bicyclic) bond motifs is 3. The molecule has 0 saturated carbocycles. The number of carbonyl (C=O) groups excluding carboxylic acids is 1. The molecule has 2 aliphatic heterocycles. The van der Waals surface area contributed by atoms with E-state index in [-0.39, 0.29) is 12.0 Å². The maximum absolute atomic E-state index is 11.7. The van der Waals surface area contributed by atoms with E-state index < -0.39 is 0 Å². The van der Waals surface area contributed by atoms with E-state index in [2.05, 4.69) is 43.1 Å². The van der Waals surface area contributed by atoms with Crippen LogP contribution in [0.25, 0.3) is 16.6 Å². The first-order valence-corrected chi connectivity index (χ1v) is 12.5. The second-order valence-electron chi connectivity index (χ2n) is 9.58. The van der Waals surface area contributed by atoms with E-state index in [1.54, 1.807) is 19.2 Å². The zero-order valence-corrected chi connectivity index (χ0v) is 20.8. The molecule has 10 nitrogen and oxygen atoms in total. The molecule has 1 amide bonds. The Labute approximate surface area is 214 Å². The van der Waals surface area contributed by atoms with E-state index in [4.69, 9.17) is 9.47 Å². The summed E-state index contributed by atoms with van der Waals surface area (Å²) in [6, 6.07) is 12.3. The number of aryl methyl sites for hydroxylation is 1. The number of pyridine rings is 3. The van der Waals surface area contributed by atoms with Crippen LogP contribution in [0.2, 0.25) is 0 Å². The summed E-state index contributed by atoms with van der Waals surface area (Å²) in [5, 5.41) is 14.0. The number of anilines is 2. The first-order valence-electron chi connectivity index (χ1n) is 12.5. The summed E-state index contributed by atoms with van der Waals surface area (Å²) >= 11 is 0. The number of hydrogen-bond acceptors (Lipinski definition) is 8. The Kier molecular flexibility index (Phi) is 6.19. The Morgan fingerprint density at radius 3 is 2.68 bits per heavy atom. The van der Waals surface area contributed by atoms with Gasteiger partial charge in [-0.05, 0) is 42.8 Å². The Morgan fingerprint density at radius 1 is 1.08 bits per heavy atom. The Morgan fingerprint density at radius 2 is 1.92 bits per heavy atom. The maximum atomic E-state index is 11.7. The predicted molar refractivity (Wildman–Crippen MR) is 139 cm³/mol. The number of ether oxygens (including phenoxy) is 2. The molecule has 2 aliphatic rings. The van der Waals surface area contributed by atoms with Gasteiger partial charge in [0.2, 0.25) is 0 Å². The summed E-state index contributed by atoms with van der Waals surface area (Å²) in [6.07, 6.45) is 7.26. The van der Waals surface area contributed by atoms with Crippen LogP contribution in [0.15, 0.2) is 55.0 Å². The van der Waals surface area contributed by atoms with Crippen molar-refractivity contribution >= 4 is 23.1 Å². The highest BCUT2D eigenvalue weighted by Crippen LogP contribution is 2.34.